The summed E-state index contributed by atoms with van der Waals surface area (Å²) in [4.78, 5) is 4.84. The Morgan fingerprint density at radius 3 is 2.33 bits per heavy atom. The fourth-order valence-corrected chi connectivity index (χ4v) is 2.86. The molecule has 0 N–H and O–H groups in total. The van der Waals surface area contributed by atoms with Crippen LogP contribution in [-0.2, 0) is 0 Å². The van der Waals surface area contributed by atoms with Gasteiger partial charge in [0.1, 0.15) is 5.82 Å². The molecule has 0 aliphatic carbocycles. The first-order chi connectivity index (χ1) is 11.8. The lowest BCUT2D eigenvalue weighted by Gasteiger charge is -1.98. The number of benzene rings is 2. The molecule has 2 heterocycles. The number of rotatable bonds is 3. The summed E-state index contributed by atoms with van der Waals surface area (Å²) in [5.74, 6) is 0.902. The summed E-state index contributed by atoms with van der Waals surface area (Å²) in [6.07, 6.45) is 6.12. The van der Waals surface area contributed by atoms with Crippen molar-refractivity contribution in [3.05, 3.63) is 95.4 Å². The zero-order valence-electron chi connectivity index (χ0n) is 12.9. The van der Waals surface area contributed by atoms with Crippen molar-refractivity contribution in [2.75, 3.05) is 0 Å². The van der Waals surface area contributed by atoms with E-state index in [2.05, 4.69) is 22.6 Å². The number of fused-ring (bicyclic) bond motifs is 1. The van der Waals surface area contributed by atoms with Crippen LogP contribution in [0.25, 0.3) is 28.9 Å². The molecule has 24 heavy (non-hydrogen) atoms. The molecule has 4 rings (SSSR count). The van der Waals surface area contributed by atoms with Gasteiger partial charge in [-0.1, -0.05) is 66.2 Å². The van der Waals surface area contributed by atoms with E-state index in [0.717, 1.165) is 33.2 Å². The third kappa shape index (κ3) is 2.84. The first-order valence-electron chi connectivity index (χ1n) is 7.77. The standard InChI is InChI=1S/C21H15ClN2/c22-18-12-9-16(10-13-18)11-14-20-23-21(17-6-2-1-3-7-17)19-8-4-5-15-24(19)20/h1-15H. The lowest BCUT2D eigenvalue weighted by atomic mass is 10.1. The van der Waals surface area contributed by atoms with Crippen molar-refractivity contribution < 1.29 is 0 Å². The normalized spacial score (nSPS) is 11.4. The van der Waals surface area contributed by atoms with Crippen molar-refractivity contribution in [1.82, 2.24) is 9.38 Å². The van der Waals surface area contributed by atoms with Crippen LogP contribution in [0.3, 0.4) is 0 Å². The predicted molar refractivity (Wildman–Crippen MR) is 101 cm³/mol. The monoisotopic (exact) mass is 330 g/mol. The van der Waals surface area contributed by atoms with Crippen LogP contribution in [0.4, 0.5) is 0 Å². The zero-order chi connectivity index (χ0) is 16.4. The van der Waals surface area contributed by atoms with Crippen molar-refractivity contribution >= 4 is 29.3 Å². The number of nitrogens with zero attached hydrogens (tertiary/aromatic N) is 2. The van der Waals surface area contributed by atoms with Gasteiger partial charge in [-0.05, 0) is 35.9 Å². The number of pyridine rings is 1. The second-order valence-electron chi connectivity index (χ2n) is 5.53. The van der Waals surface area contributed by atoms with Crippen molar-refractivity contribution in [1.29, 1.82) is 0 Å². The number of hydrogen-bond donors (Lipinski definition) is 0. The highest BCUT2D eigenvalue weighted by Gasteiger charge is 2.10. The Hall–Kier alpha value is -2.84. The van der Waals surface area contributed by atoms with Gasteiger partial charge in [0.05, 0.1) is 11.2 Å². The Bertz CT molecular complexity index is 999. The summed E-state index contributed by atoms with van der Waals surface area (Å²) in [5.41, 5.74) is 4.30. The molecular weight excluding hydrogens is 316 g/mol. The maximum atomic E-state index is 5.94. The van der Waals surface area contributed by atoms with Gasteiger partial charge in [-0.25, -0.2) is 4.98 Å². The Morgan fingerprint density at radius 1 is 0.792 bits per heavy atom. The Balaban J connectivity index is 1.80. The summed E-state index contributed by atoms with van der Waals surface area (Å²) < 4.78 is 2.11. The minimum atomic E-state index is 0.741. The molecule has 0 atom stereocenters. The summed E-state index contributed by atoms with van der Waals surface area (Å²) in [6.45, 7) is 0. The molecule has 0 aliphatic heterocycles. The molecule has 2 aromatic heterocycles. The average Bonchev–Trinajstić information content (AvgIpc) is 3.01. The zero-order valence-corrected chi connectivity index (χ0v) is 13.7. The topological polar surface area (TPSA) is 17.3 Å². The molecule has 4 aromatic rings. The second-order valence-corrected chi connectivity index (χ2v) is 5.96. The lowest BCUT2D eigenvalue weighted by molar-refractivity contribution is 1.12. The molecule has 0 amide bonds. The SMILES string of the molecule is Clc1ccc(C=Cc2nc(-c3ccccc3)c3ccccn23)cc1. The predicted octanol–water partition coefficient (Wildman–Crippen LogP) is 5.83. The Kier molecular flexibility index (Phi) is 3.89. The lowest BCUT2D eigenvalue weighted by Crippen LogP contribution is -1.85. The number of aromatic nitrogens is 2. The molecule has 0 bridgehead atoms. The molecule has 0 saturated heterocycles. The van der Waals surface area contributed by atoms with E-state index in [-0.39, 0.29) is 0 Å². The molecule has 2 aromatic carbocycles. The molecule has 0 fully saturated rings. The van der Waals surface area contributed by atoms with Gasteiger partial charge in [0, 0.05) is 16.8 Å². The van der Waals surface area contributed by atoms with Crippen LogP contribution in [0.15, 0.2) is 79.0 Å². The fourth-order valence-electron chi connectivity index (χ4n) is 2.73. The van der Waals surface area contributed by atoms with Crippen LogP contribution in [0.1, 0.15) is 11.4 Å². The van der Waals surface area contributed by atoms with E-state index in [0.29, 0.717) is 0 Å². The quantitative estimate of drug-likeness (QED) is 0.462. The molecule has 116 valence electrons. The minimum absolute atomic E-state index is 0.741. The minimum Gasteiger partial charge on any atom is -0.300 e. The highest BCUT2D eigenvalue weighted by atomic mass is 35.5. The maximum absolute atomic E-state index is 5.94. The van der Waals surface area contributed by atoms with Crippen LogP contribution < -0.4 is 0 Å². The van der Waals surface area contributed by atoms with Gasteiger partial charge in [-0.15, -0.1) is 0 Å². The number of halogens is 1. The van der Waals surface area contributed by atoms with Crippen molar-refractivity contribution in [3.63, 3.8) is 0 Å². The van der Waals surface area contributed by atoms with Gasteiger partial charge in [0.2, 0.25) is 0 Å². The van der Waals surface area contributed by atoms with E-state index < -0.39 is 0 Å². The highest BCUT2D eigenvalue weighted by molar-refractivity contribution is 6.30. The van der Waals surface area contributed by atoms with E-state index in [1.165, 1.54) is 0 Å². The first kappa shape index (κ1) is 14.7. The first-order valence-corrected chi connectivity index (χ1v) is 8.15. The van der Waals surface area contributed by atoms with Crippen LogP contribution in [0.5, 0.6) is 0 Å². The van der Waals surface area contributed by atoms with Gasteiger partial charge in [0.15, 0.2) is 0 Å². The Labute approximate surface area is 145 Å². The van der Waals surface area contributed by atoms with E-state index in [1.807, 2.05) is 72.9 Å². The molecule has 3 heteroatoms. The van der Waals surface area contributed by atoms with Crippen LogP contribution in [0, 0.1) is 0 Å². The molecule has 0 unspecified atom stereocenters. The van der Waals surface area contributed by atoms with Crippen molar-refractivity contribution in [3.8, 4) is 11.3 Å². The van der Waals surface area contributed by atoms with Gasteiger partial charge in [0.25, 0.3) is 0 Å². The number of imidazole rings is 1. The van der Waals surface area contributed by atoms with Crippen molar-refractivity contribution in [2.45, 2.75) is 0 Å². The molecule has 0 radical (unpaired) electrons. The molecule has 0 saturated carbocycles. The average molecular weight is 331 g/mol. The van der Waals surface area contributed by atoms with Gasteiger partial charge >= 0.3 is 0 Å². The molecule has 0 aliphatic rings. The van der Waals surface area contributed by atoms with E-state index in [9.17, 15) is 0 Å². The third-order valence-electron chi connectivity index (χ3n) is 3.92. The summed E-state index contributed by atoms with van der Waals surface area (Å²) >= 11 is 5.94. The van der Waals surface area contributed by atoms with E-state index >= 15 is 0 Å². The molecule has 2 nitrogen and oxygen atoms in total. The van der Waals surface area contributed by atoms with Gasteiger partial charge in [-0.3, -0.25) is 4.40 Å². The Morgan fingerprint density at radius 2 is 1.54 bits per heavy atom. The van der Waals surface area contributed by atoms with Crippen LogP contribution in [-0.4, -0.2) is 9.38 Å². The largest absolute Gasteiger partial charge is 0.300 e. The smallest absolute Gasteiger partial charge is 0.137 e. The third-order valence-corrected chi connectivity index (χ3v) is 4.17. The summed E-state index contributed by atoms with van der Waals surface area (Å²) in [6, 6.07) is 24.2. The van der Waals surface area contributed by atoms with Gasteiger partial charge in [-0.2, -0.15) is 0 Å². The second kappa shape index (κ2) is 6.34. The van der Waals surface area contributed by atoms with E-state index in [4.69, 9.17) is 16.6 Å². The van der Waals surface area contributed by atoms with Crippen LogP contribution >= 0.6 is 11.6 Å². The summed E-state index contributed by atoms with van der Waals surface area (Å²) in [7, 11) is 0. The van der Waals surface area contributed by atoms with Crippen LogP contribution in [0.2, 0.25) is 5.02 Å². The fraction of sp³-hybridized carbons (Fsp3) is 0. The maximum Gasteiger partial charge on any atom is 0.137 e. The molecule has 0 spiro atoms. The van der Waals surface area contributed by atoms with Gasteiger partial charge < -0.3 is 0 Å². The van der Waals surface area contributed by atoms with E-state index in [1.54, 1.807) is 0 Å². The number of hydrogen-bond acceptors (Lipinski definition) is 1. The summed E-state index contributed by atoms with van der Waals surface area (Å²) in [5, 5.41) is 0.741. The van der Waals surface area contributed by atoms with Crippen molar-refractivity contribution in [2.24, 2.45) is 0 Å². The highest BCUT2D eigenvalue weighted by Crippen LogP contribution is 2.25. The molecular formula is C21H15ClN2.